The first-order valence-corrected chi connectivity index (χ1v) is 4.57. The molecular weight excluding hydrogens is 208 g/mol. The lowest BCUT2D eigenvalue weighted by Crippen LogP contribution is -2.15. The molecule has 1 heterocycles. The van der Waals surface area contributed by atoms with Crippen molar-refractivity contribution in [3.63, 3.8) is 0 Å². The fraction of sp³-hybridized carbons (Fsp3) is 0.100. The minimum absolute atomic E-state index is 0.0541. The molecule has 0 aliphatic heterocycles. The zero-order chi connectivity index (χ0) is 11.5. The van der Waals surface area contributed by atoms with Crippen LogP contribution in [0.4, 0.5) is 5.95 Å². The highest BCUT2D eigenvalue weighted by Crippen LogP contribution is 2.19. The van der Waals surface area contributed by atoms with Crippen molar-refractivity contribution >= 4 is 5.95 Å². The van der Waals surface area contributed by atoms with Gasteiger partial charge in [0.25, 0.3) is 0 Å². The SMILES string of the molecule is COc1cccc(-c2nc(N)nc(=O)[nH]2)c1. The summed E-state index contributed by atoms with van der Waals surface area (Å²) in [6.07, 6.45) is 0. The molecule has 0 saturated heterocycles. The predicted molar refractivity (Wildman–Crippen MR) is 59.1 cm³/mol. The van der Waals surface area contributed by atoms with Crippen molar-refractivity contribution < 1.29 is 4.74 Å². The van der Waals surface area contributed by atoms with Gasteiger partial charge in [0.1, 0.15) is 11.6 Å². The smallest absolute Gasteiger partial charge is 0.349 e. The minimum Gasteiger partial charge on any atom is -0.497 e. The van der Waals surface area contributed by atoms with Gasteiger partial charge in [0, 0.05) is 5.56 Å². The summed E-state index contributed by atoms with van der Waals surface area (Å²) in [5.41, 5.74) is 5.58. The Morgan fingerprint density at radius 1 is 1.38 bits per heavy atom. The summed E-state index contributed by atoms with van der Waals surface area (Å²) in [6, 6.07) is 7.13. The maximum atomic E-state index is 11.1. The number of benzene rings is 1. The van der Waals surface area contributed by atoms with Gasteiger partial charge in [-0.2, -0.15) is 9.97 Å². The second kappa shape index (κ2) is 4.01. The minimum atomic E-state index is -0.523. The number of nitrogens with two attached hydrogens (primary N) is 1. The van der Waals surface area contributed by atoms with Crippen LogP contribution in [0.1, 0.15) is 0 Å². The predicted octanol–water partition coefficient (Wildman–Crippen LogP) is 0.423. The number of H-pyrrole nitrogens is 1. The van der Waals surface area contributed by atoms with E-state index in [0.29, 0.717) is 17.1 Å². The quantitative estimate of drug-likeness (QED) is 0.762. The molecule has 3 N–H and O–H groups in total. The van der Waals surface area contributed by atoms with Crippen LogP contribution in [-0.2, 0) is 0 Å². The van der Waals surface area contributed by atoms with E-state index in [1.807, 2.05) is 0 Å². The third-order valence-electron chi connectivity index (χ3n) is 2.01. The fourth-order valence-electron chi connectivity index (χ4n) is 1.31. The number of hydrogen-bond acceptors (Lipinski definition) is 5. The number of aromatic nitrogens is 3. The van der Waals surface area contributed by atoms with Gasteiger partial charge < -0.3 is 10.5 Å². The Hall–Kier alpha value is -2.37. The Balaban J connectivity index is 2.53. The zero-order valence-corrected chi connectivity index (χ0v) is 8.60. The number of hydrogen-bond donors (Lipinski definition) is 2. The van der Waals surface area contributed by atoms with Crippen molar-refractivity contribution in [1.29, 1.82) is 0 Å². The molecule has 0 saturated carbocycles. The summed E-state index contributed by atoms with van der Waals surface area (Å²) < 4.78 is 5.07. The van der Waals surface area contributed by atoms with E-state index in [9.17, 15) is 4.79 Å². The number of aromatic amines is 1. The van der Waals surface area contributed by atoms with Crippen LogP contribution in [0.15, 0.2) is 29.1 Å². The first-order chi connectivity index (χ1) is 7.69. The van der Waals surface area contributed by atoms with Gasteiger partial charge in [0.05, 0.1) is 7.11 Å². The lowest BCUT2D eigenvalue weighted by atomic mass is 10.2. The summed E-state index contributed by atoms with van der Waals surface area (Å²) in [7, 11) is 1.57. The molecule has 1 aromatic carbocycles. The van der Waals surface area contributed by atoms with E-state index in [4.69, 9.17) is 10.5 Å². The molecule has 2 aromatic rings. The van der Waals surface area contributed by atoms with Gasteiger partial charge in [0.2, 0.25) is 5.95 Å². The van der Waals surface area contributed by atoms with Crippen molar-refractivity contribution in [2.24, 2.45) is 0 Å². The van der Waals surface area contributed by atoms with Gasteiger partial charge >= 0.3 is 5.69 Å². The van der Waals surface area contributed by atoms with Crippen LogP contribution >= 0.6 is 0 Å². The van der Waals surface area contributed by atoms with Gasteiger partial charge in [-0.15, -0.1) is 0 Å². The molecule has 1 aromatic heterocycles. The van der Waals surface area contributed by atoms with E-state index in [1.54, 1.807) is 31.4 Å². The maximum Gasteiger partial charge on any atom is 0.349 e. The number of nitrogen functional groups attached to an aromatic ring is 1. The van der Waals surface area contributed by atoms with E-state index in [2.05, 4.69) is 15.0 Å². The summed E-state index contributed by atoms with van der Waals surface area (Å²) in [4.78, 5) is 21.0. The van der Waals surface area contributed by atoms with Crippen molar-refractivity contribution in [3.05, 3.63) is 34.7 Å². The lowest BCUT2D eigenvalue weighted by Gasteiger charge is -2.03. The average molecular weight is 218 g/mol. The van der Waals surface area contributed by atoms with Crippen molar-refractivity contribution in [1.82, 2.24) is 15.0 Å². The number of ether oxygens (including phenoxy) is 1. The second-order valence-corrected chi connectivity index (χ2v) is 3.09. The summed E-state index contributed by atoms with van der Waals surface area (Å²) in [5, 5.41) is 0. The zero-order valence-electron chi connectivity index (χ0n) is 8.60. The maximum absolute atomic E-state index is 11.1. The van der Waals surface area contributed by atoms with Crippen molar-refractivity contribution in [3.8, 4) is 17.1 Å². The van der Waals surface area contributed by atoms with E-state index in [-0.39, 0.29) is 5.95 Å². The molecule has 0 spiro atoms. The highest BCUT2D eigenvalue weighted by molar-refractivity contribution is 5.57. The van der Waals surface area contributed by atoms with E-state index in [1.165, 1.54) is 0 Å². The molecule has 0 radical (unpaired) electrons. The number of nitrogens with zero attached hydrogens (tertiary/aromatic N) is 2. The topological polar surface area (TPSA) is 93.9 Å². The molecular formula is C10H10N4O2. The number of rotatable bonds is 2. The van der Waals surface area contributed by atoms with Crippen molar-refractivity contribution in [2.45, 2.75) is 0 Å². The Morgan fingerprint density at radius 2 is 2.19 bits per heavy atom. The first kappa shape index (κ1) is 10.2. The molecule has 0 bridgehead atoms. The Labute approximate surface area is 91.1 Å². The Bertz CT molecular complexity index is 565. The lowest BCUT2D eigenvalue weighted by molar-refractivity contribution is 0.415. The standard InChI is InChI=1S/C10H10N4O2/c1-16-7-4-2-3-6(5-7)8-12-9(11)14-10(15)13-8/h2-5H,1H3,(H3,11,12,13,14,15). The Morgan fingerprint density at radius 3 is 2.88 bits per heavy atom. The van der Waals surface area contributed by atoms with Crippen LogP contribution in [0.3, 0.4) is 0 Å². The number of nitrogens with one attached hydrogen (secondary N) is 1. The number of methoxy groups -OCH3 is 1. The molecule has 0 aliphatic rings. The molecule has 6 heteroatoms. The van der Waals surface area contributed by atoms with Crippen LogP contribution in [0.5, 0.6) is 5.75 Å². The first-order valence-electron chi connectivity index (χ1n) is 4.57. The van der Waals surface area contributed by atoms with Crippen LogP contribution < -0.4 is 16.2 Å². The van der Waals surface area contributed by atoms with Crippen LogP contribution in [0, 0.1) is 0 Å². The van der Waals surface area contributed by atoms with Crippen molar-refractivity contribution in [2.75, 3.05) is 12.8 Å². The Kier molecular flexibility index (Phi) is 2.55. The fourth-order valence-corrected chi connectivity index (χ4v) is 1.31. The third kappa shape index (κ3) is 2.00. The van der Waals surface area contributed by atoms with Gasteiger partial charge in [-0.25, -0.2) is 4.79 Å². The number of anilines is 1. The normalized spacial score (nSPS) is 10.1. The third-order valence-corrected chi connectivity index (χ3v) is 2.01. The van der Waals surface area contributed by atoms with Gasteiger partial charge in [-0.3, -0.25) is 4.98 Å². The van der Waals surface area contributed by atoms with Crippen LogP contribution in [-0.4, -0.2) is 22.1 Å². The molecule has 0 atom stereocenters. The largest absolute Gasteiger partial charge is 0.497 e. The summed E-state index contributed by atoms with van der Waals surface area (Å²) in [6.45, 7) is 0. The second-order valence-electron chi connectivity index (χ2n) is 3.09. The highest BCUT2D eigenvalue weighted by atomic mass is 16.5. The monoisotopic (exact) mass is 218 g/mol. The molecule has 0 amide bonds. The highest BCUT2D eigenvalue weighted by Gasteiger charge is 2.04. The molecule has 0 unspecified atom stereocenters. The van der Waals surface area contributed by atoms with E-state index < -0.39 is 5.69 Å². The molecule has 6 nitrogen and oxygen atoms in total. The molecule has 0 fully saturated rings. The summed E-state index contributed by atoms with van der Waals surface area (Å²) in [5.74, 6) is 0.994. The van der Waals surface area contributed by atoms with Gasteiger partial charge in [-0.05, 0) is 12.1 Å². The molecule has 2 rings (SSSR count). The van der Waals surface area contributed by atoms with Gasteiger partial charge in [0.15, 0.2) is 0 Å². The van der Waals surface area contributed by atoms with Crippen LogP contribution in [0.25, 0.3) is 11.4 Å². The van der Waals surface area contributed by atoms with Gasteiger partial charge in [-0.1, -0.05) is 12.1 Å². The average Bonchev–Trinajstić information content (AvgIpc) is 2.28. The molecule has 82 valence electrons. The van der Waals surface area contributed by atoms with E-state index >= 15 is 0 Å². The molecule has 0 aliphatic carbocycles. The van der Waals surface area contributed by atoms with E-state index in [0.717, 1.165) is 0 Å². The summed E-state index contributed by atoms with van der Waals surface area (Å²) >= 11 is 0. The van der Waals surface area contributed by atoms with Crippen LogP contribution in [0.2, 0.25) is 0 Å². The molecule has 16 heavy (non-hydrogen) atoms.